The largest absolute Gasteiger partial charge is 0.493 e. The van der Waals surface area contributed by atoms with Crippen LogP contribution in [-0.4, -0.2) is 43.0 Å². The van der Waals surface area contributed by atoms with Crippen LogP contribution in [0.15, 0.2) is 112 Å². The quantitative estimate of drug-likeness (QED) is 0.118. The number of aryl methyl sites for hydroxylation is 3. The molecule has 0 aliphatic carbocycles. The summed E-state index contributed by atoms with van der Waals surface area (Å²) in [6.07, 6.45) is 0.773. The predicted octanol–water partition coefficient (Wildman–Crippen LogP) is 5.80. The number of oxazole rings is 1. The van der Waals surface area contributed by atoms with Crippen molar-refractivity contribution in [2.45, 2.75) is 57.0 Å². The van der Waals surface area contributed by atoms with Crippen LogP contribution in [0.3, 0.4) is 0 Å². The summed E-state index contributed by atoms with van der Waals surface area (Å²) in [6, 6.07) is 29.4. The van der Waals surface area contributed by atoms with E-state index in [0.717, 1.165) is 27.9 Å². The summed E-state index contributed by atoms with van der Waals surface area (Å²) in [5.41, 5.74) is 4.75. The van der Waals surface area contributed by atoms with Crippen molar-refractivity contribution in [2.75, 3.05) is 6.61 Å². The maximum absolute atomic E-state index is 13.6. The Hall–Kier alpha value is -5.26. The van der Waals surface area contributed by atoms with Crippen LogP contribution in [0.2, 0.25) is 0 Å². The second kappa shape index (κ2) is 16.2. The van der Waals surface area contributed by atoms with E-state index in [2.05, 4.69) is 15.0 Å². The smallest absolute Gasteiger partial charge is 0.303 e. The number of sulfonamides is 1. The number of rotatable bonds is 16. The van der Waals surface area contributed by atoms with E-state index in [4.69, 9.17) is 9.15 Å². The average molecular weight is 682 g/mol. The number of nitrogens with zero attached hydrogens (tertiary/aromatic N) is 1. The van der Waals surface area contributed by atoms with Gasteiger partial charge in [0.1, 0.15) is 17.6 Å². The topological polar surface area (TPSA) is 148 Å². The zero-order valence-electron chi connectivity index (χ0n) is 27.4. The number of benzene rings is 4. The molecule has 1 atom stereocenters. The molecule has 0 saturated carbocycles. The first kappa shape index (κ1) is 35.1. The van der Waals surface area contributed by atoms with Gasteiger partial charge in [-0.2, -0.15) is 4.72 Å². The minimum absolute atomic E-state index is 0.0331. The number of hydrogen-bond acceptors (Lipinski definition) is 7. The molecule has 0 fully saturated rings. The van der Waals surface area contributed by atoms with Crippen molar-refractivity contribution >= 4 is 21.9 Å². The Morgan fingerprint density at radius 3 is 2.27 bits per heavy atom. The molecule has 0 radical (unpaired) electrons. The lowest BCUT2D eigenvalue weighted by molar-refractivity contribution is -0.137. The minimum Gasteiger partial charge on any atom is -0.493 e. The van der Waals surface area contributed by atoms with Crippen molar-refractivity contribution < 1.29 is 32.3 Å². The average Bonchev–Trinajstić information content (AvgIpc) is 3.47. The monoisotopic (exact) mass is 681 g/mol. The Morgan fingerprint density at radius 2 is 1.57 bits per heavy atom. The molecular formula is C38H39N3O7S. The fourth-order valence-corrected chi connectivity index (χ4v) is 6.48. The number of carbonyl (C=O) groups excluding carboxylic acids is 1. The van der Waals surface area contributed by atoms with Crippen LogP contribution in [0, 0.1) is 13.8 Å². The van der Waals surface area contributed by atoms with Crippen LogP contribution in [0.5, 0.6) is 5.75 Å². The van der Waals surface area contributed by atoms with E-state index in [9.17, 15) is 23.1 Å². The summed E-state index contributed by atoms with van der Waals surface area (Å²) in [5, 5.41) is 12.2. The lowest BCUT2D eigenvalue weighted by atomic mass is 10.0. The van der Waals surface area contributed by atoms with Gasteiger partial charge in [-0.1, -0.05) is 72.3 Å². The van der Waals surface area contributed by atoms with E-state index >= 15 is 0 Å². The van der Waals surface area contributed by atoms with E-state index in [1.54, 1.807) is 30.3 Å². The molecule has 1 amide bonds. The molecule has 0 aliphatic heterocycles. The molecule has 5 rings (SSSR count). The molecule has 0 saturated heterocycles. The molecule has 0 aliphatic rings. The molecule has 254 valence electrons. The molecule has 3 N–H and O–H groups in total. The summed E-state index contributed by atoms with van der Waals surface area (Å²) >= 11 is 0. The molecule has 4 aromatic carbocycles. The third-order valence-electron chi connectivity index (χ3n) is 7.99. The van der Waals surface area contributed by atoms with E-state index in [1.165, 1.54) is 12.1 Å². The number of carbonyl (C=O) groups is 2. The first-order valence-corrected chi connectivity index (χ1v) is 17.4. The molecule has 1 heterocycles. The normalized spacial score (nSPS) is 12.0. The van der Waals surface area contributed by atoms with Gasteiger partial charge in [0.2, 0.25) is 21.8 Å². The van der Waals surface area contributed by atoms with Crippen molar-refractivity contribution in [1.82, 2.24) is 15.0 Å². The zero-order chi connectivity index (χ0) is 34.8. The van der Waals surface area contributed by atoms with Gasteiger partial charge in [-0.05, 0) is 79.8 Å². The highest BCUT2D eigenvalue weighted by Gasteiger charge is 2.26. The summed E-state index contributed by atoms with van der Waals surface area (Å²) in [7, 11) is -4.02. The van der Waals surface area contributed by atoms with E-state index in [-0.39, 0.29) is 30.7 Å². The van der Waals surface area contributed by atoms with Gasteiger partial charge < -0.3 is 19.6 Å². The fourth-order valence-electron chi connectivity index (χ4n) is 5.29. The molecule has 0 bridgehead atoms. The molecule has 0 spiro atoms. The van der Waals surface area contributed by atoms with Gasteiger partial charge in [0, 0.05) is 24.9 Å². The van der Waals surface area contributed by atoms with Crippen molar-refractivity contribution in [1.29, 1.82) is 0 Å². The number of hydrogen-bond donors (Lipinski definition) is 3. The van der Waals surface area contributed by atoms with E-state index in [0.29, 0.717) is 36.0 Å². The second-order valence-corrected chi connectivity index (χ2v) is 13.4. The van der Waals surface area contributed by atoms with Gasteiger partial charge in [0.05, 0.1) is 17.2 Å². The van der Waals surface area contributed by atoms with Gasteiger partial charge >= 0.3 is 5.97 Å². The third-order valence-corrected chi connectivity index (χ3v) is 9.48. The van der Waals surface area contributed by atoms with Crippen LogP contribution in [0.4, 0.5) is 0 Å². The third kappa shape index (κ3) is 9.88. The Kier molecular flexibility index (Phi) is 11.6. The molecule has 10 nitrogen and oxygen atoms in total. The van der Waals surface area contributed by atoms with Gasteiger partial charge in [-0.3, -0.25) is 9.59 Å². The fraction of sp³-hybridized carbons (Fsp3) is 0.237. The lowest BCUT2D eigenvalue weighted by Crippen LogP contribution is -2.47. The Labute approximate surface area is 286 Å². The standard InChI is InChI=1S/C38H39N3O7S/c1-26-13-18-33(19-14-26)49(45,46)41-35(23-28-9-5-3-6-10-28)37(44)39-25-31-24-32(17-15-29(31)16-20-36(42)43)47-22-21-34-27(2)48-38(40-34)30-11-7-4-8-12-30/h3-15,17-19,24,35,41H,16,20-23,25H2,1-2H3,(H,39,44)(H,42,43)/t35-/m1/s1. The zero-order valence-corrected chi connectivity index (χ0v) is 28.2. The highest BCUT2D eigenvalue weighted by atomic mass is 32.2. The molecular weight excluding hydrogens is 642 g/mol. The summed E-state index contributed by atoms with van der Waals surface area (Å²) in [5.74, 6) is 0.319. The van der Waals surface area contributed by atoms with Crippen molar-refractivity contribution in [2.24, 2.45) is 0 Å². The number of aromatic nitrogens is 1. The molecule has 11 heteroatoms. The Balaban J connectivity index is 1.29. The van der Waals surface area contributed by atoms with Crippen molar-refractivity contribution in [3.05, 3.63) is 137 Å². The number of carboxylic acids is 1. The first-order valence-electron chi connectivity index (χ1n) is 16.0. The maximum Gasteiger partial charge on any atom is 0.303 e. The number of amides is 1. The molecule has 5 aromatic rings. The van der Waals surface area contributed by atoms with Gasteiger partial charge in [0.25, 0.3) is 0 Å². The van der Waals surface area contributed by atoms with E-state index < -0.39 is 27.9 Å². The van der Waals surface area contributed by atoms with Crippen molar-refractivity contribution in [3.63, 3.8) is 0 Å². The van der Waals surface area contributed by atoms with Crippen LogP contribution in [0.1, 0.15) is 40.1 Å². The minimum atomic E-state index is -4.02. The molecule has 0 unspecified atom stereocenters. The number of ether oxygens (including phenoxy) is 1. The van der Waals surface area contributed by atoms with Crippen LogP contribution in [-0.2, 0) is 45.4 Å². The van der Waals surface area contributed by atoms with Crippen molar-refractivity contribution in [3.8, 4) is 17.2 Å². The van der Waals surface area contributed by atoms with E-state index in [1.807, 2.05) is 74.5 Å². The number of aliphatic carboxylic acids is 1. The first-order chi connectivity index (χ1) is 23.6. The lowest BCUT2D eigenvalue weighted by Gasteiger charge is -2.20. The van der Waals surface area contributed by atoms with Crippen LogP contribution >= 0.6 is 0 Å². The van der Waals surface area contributed by atoms with Gasteiger partial charge in [-0.25, -0.2) is 13.4 Å². The van der Waals surface area contributed by atoms with Crippen LogP contribution < -0.4 is 14.8 Å². The summed E-state index contributed by atoms with van der Waals surface area (Å²) < 4.78 is 41.1. The predicted molar refractivity (Wildman–Crippen MR) is 186 cm³/mol. The molecule has 1 aromatic heterocycles. The highest BCUT2D eigenvalue weighted by molar-refractivity contribution is 7.89. The molecule has 49 heavy (non-hydrogen) atoms. The second-order valence-electron chi connectivity index (χ2n) is 11.7. The van der Waals surface area contributed by atoms with Crippen LogP contribution in [0.25, 0.3) is 11.5 Å². The van der Waals surface area contributed by atoms with Gasteiger partial charge in [-0.15, -0.1) is 0 Å². The summed E-state index contributed by atoms with van der Waals surface area (Å²) in [6.45, 7) is 4.06. The van der Waals surface area contributed by atoms with Gasteiger partial charge in [0.15, 0.2) is 0 Å². The summed E-state index contributed by atoms with van der Waals surface area (Å²) in [4.78, 5) is 29.7. The Morgan fingerprint density at radius 1 is 0.878 bits per heavy atom. The Bertz CT molecular complexity index is 1980. The number of carboxylic acid groups (broad SMARTS) is 1. The maximum atomic E-state index is 13.6. The highest BCUT2D eigenvalue weighted by Crippen LogP contribution is 2.23. The SMILES string of the molecule is Cc1ccc(S(=O)(=O)N[C@H](Cc2ccccc2)C(=O)NCc2cc(OCCc3nc(-c4ccccc4)oc3C)ccc2CCC(=O)O)cc1. The number of nitrogens with one attached hydrogen (secondary N) is 2.